The molecule has 0 spiro atoms. The predicted molar refractivity (Wildman–Crippen MR) is 74.0 cm³/mol. The Hall–Kier alpha value is -1.81. The van der Waals surface area contributed by atoms with Crippen LogP contribution in [0.4, 0.5) is 4.39 Å². The zero-order valence-corrected chi connectivity index (χ0v) is 11.5. The van der Waals surface area contributed by atoms with Crippen LogP contribution in [0.15, 0.2) is 34.9 Å². The molecule has 1 heterocycles. The van der Waals surface area contributed by atoms with E-state index in [0.29, 0.717) is 24.8 Å². The van der Waals surface area contributed by atoms with Gasteiger partial charge in [-0.1, -0.05) is 12.1 Å². The van der Waals surface area contributed by atoms with E-state index in [9.17, 15) is 4.39 Å². The lowest BCUT2D eigenvalue weighted by atomic mass is 10.2. The Balaban J connectivity index is 1.62. The maximum atomic E-state index is 13.8. The van der Waals surface area contributed by atoms with Crippen molar-refractivity contribution >= 4 is 0 Å². The highest BCUT2D eigenvalue weighted by Gasteiger charge is 2.21. The van der Waals surface area contributed by atoms with E-state index in [0.717, 1.165) is 11.3 Å². The summed E-state index contributed by atoms with van der Waals surface area (Å²) in [6.45, 7) is 2.75. The fourth-order valence-electron chi connectivity index (χ4n) is 2.06. The standard InChI is InChI=1S/C16H18FNO2/c1-11-3-2-4-14(16(11)17)20-10-12-7-8-19-15(12)9-18-13-5-6-13/h2-4,7-8,13,18H,5-6,9-10H2,1H3. The van der Waals surface area contributed by atoms with Gasteiger partial charge >= 0.3 is 0 Å². The molecule has 0 aliphatic heterocycles. The Morgan fingerprint density at radius 1 is 1.35 bits per heavy atom. The molecule has 1 aromatic heterocycles. The molecule has 4 heteroatoms. The number of furan rings is 1. The topological polar surface area (TPSA) is 34.4 Å². The third kappa shape index (κ3) is 3.02. The van der Waals surface area contributed by atoms with E-state index < -0.39 is 0 Å². The van der Waals surface area contributed by atoms with Crippen LogP contribution in [-0.2, 0) is 13.2 Å². The Bertz CT molecular complexity index is 590. The van der Waals surface area contributed by atoms with E-state index >= 15 is 0 Å². The molecule has 3 nitrogen and oxygen atoms in total. The monoisotopic (exact) mass is 275 g/mol. The molecule has 1 saturated carbocycles. The average Bonchev–Trinajstić information content (AvgIpc) is 3.17. The normalized spacial score (nSPS) is 14.5. The summed E-state index contributed by atoms with van der Waals surface area (Å²) in [5.41, 5.74) is 1.55. The lowest BCUT2D eigenvalue weighted by molar-refractivity contribution is 0.285. The molecule has 20 heavy (non-hydrogen) atoms. The second-order valence-corrected chi connectivity index (χ2v) is 5.20. The van der Waals surface area contributed by atoms with Crippen LogP contribution < -0.4 is 10.1 Å². The molecule has 1 aliphatic carbocycles. The van der Waals surface area contributed by atoms with Crippen LogP contribution in [0, 0.1) is 12.7 Å². The highest BCUT2D eigenvalue weighted by atomic mass is 19.1. The summed E-state index contributed by atoms with van der Waals surface area (Å²) < 4.78 is 24.8. The van der Waals surface area contributed by atoms with Crippen LogP contribution in [-0.4, -0.2) is 6.04 Å². The van der Waals surface area contributed by atoms with Crippen LogP contribution in [0.5, 0.6) is 5.75 Å². The summed E-state index contributed by atoms with van der Waals surface area (Å²) in [5, 5.41) is 3.39. The highest BCUT2D eigenvalue weighted by molar-refractivity contribution is 5.30. The van der Waals surface area contributed by atoms with Crippen LogP contribution in [0.3, 0.4) is 0 Å². The number of benzene rings is 1. The summed E-state index contributed by atoms with van der Waals surface area (Å²) >= 11 is 0. The first kappa shape index (κ1) is 13.2. The van der Waals surface area contributed by atoms with E-state index in [1.165, 1.54) is 12.8 Å². The fourth-order valence-corrected chi connectivity index (χ4v) is 2.06. The van der Waals surface area contributed by atoms with Crippen molar-refractivity contribution < 1.29 is 13.5 Å². The zero-order valence-electron chi connectivity index (χ0n) is 11.5. The van der Waals surface area contributed by atoms with Crippen LogP contribution in [0.2, 0.25) is 0 Å². The first-order valence-corrected chi connectivity index (χ1v) is 6.90. The second-order valence-electron chi connectivity index (χ2n) is 5.20. The van der Waals surface area contributed by atoms with E-state index in [1.807, 2.05) is 6.07 Å². The van der Waals surface area contributed by atoms with Gasteiger partial charge in [0.2, 0.25) is 0 Å². The van der Waals surface area contributed by atoms with Gasteiger partial charge in [-0.25, -0.2) is 4.39 Å². The molecule has 1 fully saturated rings. The maximum absolute atomic E-state index is 13.8. The Morgan fingerprint density at radius 2 is 2.20 bits per heavy atom. The summed E-state index contributed by atoms with van der Waals surface area (Å²) in [4.78, 5) is 0. The number of hydrogen-bond donors (Lipinski definition) is 1. The van der Waals surface area contributed by atoms with Crippen molar-refractivity contribution in [3.8, 4) is 5.75 Å². The summed E-state index contributed by atoms with van der Waals surface area (Å²) in [5.74, 6) is 0.853. The number of ether oxygens (including phenoxy) is 1. The molecule has 1 aliphatic rings. The number of nitrogens with one attached hydrogen (secondary N) is 1. The Morgan fingerprint density at radius 3 is 3.00 bits per heavy atom. The van der Waals surface area contributed by atoms with Gasteiger partial charge in [-0.3, -0.25) is 0 Å². The minimum atomic E-state index is -0.298. The van der Waals surface area contributed by atoms with Crippen molar-refractivity contribution in [2.24, 2.45) is 0 Å². The first-order chi connectivity index (χ1) is 9.74. The first-order valence-electron chi connectivity index (χ1n) is 6.90. The van der Waals surface area contributed by atoms with Crippen LogP contribution in [0.25, 0.3) is 0 Å². The van der Waals surface area contributed by atoms with Gasteiger partial charge in [0.1, 0.15) is 12.4 Å². The summed E-state index contributed by atoms with van der Waals surface area (Å²) in [7, 11) is 0. The second kappa shape index (κ2) is 5.67. The van der Waals surface area contributed by atoms with Gasteiger partial charge in [-0.2, -0.15) is 0 Å². The van der Waals surface area contributed by atoms with Gasteiger partial charge in [0.15, 0.2) is 11.6 Å². The van der Waals surface area contributed by atoms with E-state index in [-0.39, 0.29) is 11.6 Å². The highest BCUT2D eigenvalue weighted by Crippen LogP contribution is 2.23. The largest absolute Gasteiger partial charge is 0.486 e. The SMILES string of the molecule is Cc1cccc(OCc2ccoc2CNC2CC2)c1F. The van der Waals surface area contributed by atoms with Crippen molar-refractivity contribution in [3.63, 3.8) is 0 Å². The third-order valence-electron chi connectivity index (χ3n) is 3.51. The maximum Gasteiger partial charge on any atom is 0.167 e. The van der Waals surface area contributed by atoms with Crippen molar-refractivity contribution in [2.45, 2.75) is 39.0 Å². The van der Waals surface area contributed by atoms with Gasteiger partial charge in [-0.05, 0) is 37.5 Å². The third-order valence-corrected chi connectivity index (χ3v) is 3.51. The molecule has 0 amide bonds. The molecule has 0 bridgehead atoms. The summed E-state index contributed by atoms with van der Waals surface area (Å²) in [6, 6.07) is 7.66. The van der Waals surface area contributed by atoms with E-state index in [4.69, 9.17) is 9.15 Å². The van der Waals surface area contributed by atoms with Gasteiger partial charge in [0, 0.05) is 11.6 Å². The minimum Gasteiger partial charge on any atom is -0.486 e. The number of aryl methyl sites for hydroxylation is 1. The lowest BCUT2D eigenvalue weighted by Gasteiger charge is -2.09. The van der Waals surface area contributed by atoms with Crippen molar-refractivity contribution in [1.29, 1.82) is 0 Å². The van der Waals surface area contributed by atoms with Crippen LogP contribution >= 0.6 is 0 Å². The molecular weight excluding hydrogens is 257 g/mol. The molecule has 1 N–H and O–H groups in total. The molecule has 106 valence electrons. The van der Waals surface area contributed by atoms with Crippen molar-refractivity contribution in [2.75, 3.05) is 0 Å². The molecular formula is C16H18FNO2. The van der Waals surface area contributed by atoms with Crippen LogP contribution in [0.1, 0.15) is 29.7 Å². The molecule has 0 radical (unpaired) electrons. The predicted octanol–water partition coefficient (Wildman–Crippen LogP) is 3.56. The van der Waals surface area contributed by atoms with Crippen molar-refractivity contribution in [1.82, 2.24) is 5.32 Å². The average molecular weight is 275 g/mol. The van der Waals surface area contributed by atoms with Gasteiger partial charge in [0.25, 0.3) is 0 Å². The van der Waals surface area contributed by atoms with Gasteiger partial charge in [0.05, 0.1) is 12.8 Å². The summed E-state index contributed by atoms with van der Waals surface area (Å²) in [6.07, 6.45) is 4.12. The molecule has 0 atom stereocenters. The zero-order chi connectivity index (χ0) is 13.9. The molecule has 0 saturated heterocycles. The number of halogens is 1. The smallest absolute Gasteiger partial charge is 0.167 e. The number of hydrogen-bond acceptors (Lipinski definition) is 3. The quantitative estimate of drug-likeness (QED) is 0.875. The minimum absolute atomic E-state index is 0.285. The number of rotatable bonds is 6. The lowest BCUT2D eigenvalue weighted by Crippen LogP contribution is -2.16. The van der Waals surface area contributed by atoms with E-state index in [1.54, 1.807) is 31.4 Å². The van der Waals surface area contributed by atoms with Crippen molar-refractivity contribution in [3.05, 3.63) is 53.2 Å². The Labute approximate surface area is 117 Å². The van der Waals surface area contributed by atoms with Gasteiger partial charge in [-0.15, -0.1) is 0 Å². The fraction of sp³-hybridized carbons (Fsp3) is 0.375. The molecule has 1 aromatic carbocycles. The molecule has 0 unspecified atom stereocenters. The Kier molecular flexibility index (Phi) is 3.74. The molecule has 2 aromatic rings. The molecule has 3 rings (SSSR count). The van der Waals surface area contributed by atoms with E-state index in [2.05, 4.69) is 5.32 Å². The van der Waals surface area contributed by atoms with Gasteiger partial charge < -0.3 is 14.5 Å².